The molecular weight excluding hydrogens is 244 g/mol. The molecule has 2 rings (SSSR count). The minimum absolute atomic E-state index is 0.256. The first-order chi connectivity index (χ1) is 9.15. The summed E-state index contributed by atoms with van der Waals surface area (Å²) in [5, 5.41) is 0. The van der Waals surface area contributed by atoms with Crippen molar-refractivity contribution in [3.05, 3.63) is 23.7 Å². The second-order valence-electron chi connectivity index (χ2n) is 5.10. The maximum absolute atomic E-state index is 11.4. The van der Waals surface area contributed by atoms with Crippen LogP contribution in [0, 0.1) is 0 Å². The lowest BCUT2D eigenvalue weighted by Crippen LogP contribution is -2.48. The van der Waals surface area contributed by atoms with Gasteiger partial charge in [-0.05, 0) is 31.9 Å². The number of carbonyl (C=O) groups excluding carboxylic acids is 1. The number of nitrogens with two attached hydrogens (primary N) is 1. The van der Waals surface area contributed by atoms with Gasteiger partial charge in [0.15, 0.2) is 0 Å². The molecule has 1 aliphatic rings. The van der Waals surface area contributed by atoms with Crippen LogP contribution in [0.2, 0.25) is 0 Å². The van der Waals surface area contributed by atoms with E-state index in [9.17, 15) is 4.79 Å². The van der Waals surface area contributed by atoms with Gasteiger partial charge in [0.1, 0.15) is 5.76 Å². The van der Waals surface area contributed by atoms with Crippen LogP contribution >= 0.6 is 0 Å². The van der Waals surface area contributed by atoms with Crippen molar-refractivity contribution in [3.63, 3.8) is 0 Å². The van der Waals surface area contributed by atoms with Crippen LogP contribution in [0.5, 0.6) is 0 Å². The van der Waals surface area contributed by atoms with E-state index in [-0.39, 0.29) is 5.76 Å². The number of carbonyl (C=O) groups is 1. The molecule has 0 amide bonds. The molecule has 2 N–H and O–H groups in total. The molecule has 19 heavy (non-hydrogen) atoms. The van der Waals surface area contributed by atoms with Gasteiger partial charge in [-0.3, -0.25) is 4.90 Å². The normalized spacial score (nSPS) is 24.4. The fraction of sp³-hybridized carbons (Fsp3) is 0.643. The molecule has 5 nitrogen and oxygen atoms in total. The Morgan fingerprint density at radius 3 is 3.00 bits per heavy atom. The third-order valence-corrected chi connectivity index (χ3v) is 3.85. The number of piperidine rings is 1. The lowest BCUT2D eigenvalue weighted by molar-refractivity contribution is 0.0550. The molecule has 5 heteroatoms. The van der Waals surface area contributed by atoms with Crippen molar-refractivity contribution in [1.82, 2.24) is 4.90 Å². The van der Waals surface area contributed by atoms with Crippen LogP contribution in [0.3, 0.4) is 0 Å². The average molecular weight is 266 g/mol. The maximum Gasteiger partial charge on any atom is 0.373 e. The molecule has 1 aromatic rings. The number of likely N-dealkylation sites (tertiary alicyclic amines) is 1. The van der Waals surface area contributed by atoms with Gasteiger partial charge in [-0.2, -0.15) is 0 Å². The molecule has 1 fully saturated rings. The van der Waals surface area contributed by atoms with Crippen LogP contribution in [0.25, 0.3) is 0 Å². The Balaban J connectivity index is 2.06. The molecule has 106 valence electrons. The topological polar surface area (TPSA) is 68.7 Å². The first-order valence-electron chi connectivity index (χ1n) is 6.78. The number of ether oxygens (including phenoxy) is 1. The van der Waals surface area contributed by atoms with E-state index in [2.05, 4.69) is 16.6 Å². The number of hydrogen-bond donors (Lipinski definition) is 1. The van der Waals surface area contributed by atoms with Gasteiger partial charge >= 0.3 is 5.97 Å². The molecule has 1 aliphatic heterocycles. The lowest BCUT2D eigenvalue weighted by Gasteiger charge is -2.39. The summed E-state index contributed by atoms with van der Waals surface area (Å²) in [5.41, 5.74) is 5.84. The predicted molar refractivity (Wildman–Crippen MR) is 71.7 cm³/mol. The van der Waals surface area contributed by atoms with Gasteiger partial charge in [0, 0.05) is 18.6 Å². The van der Waals surface area contributed by atoms with E-state index in [0.29, 0.717) is 25.2 Å². The Labute approximate surface area is 113 Å². The van der Waals surface area contributed by atoms with Gasteiger partial charge in [-0.1, -0.05) is 6.42 Å². The van der Waals surface area contributed by atoms with Gasteiger partial charge < -0.3 is 14.9 Å². The van der Waals surface area contributed by atoms with E-state index in [1.165, 1.54) is 20.0 Å². The number of hydrogen-bond acceptors (Lipinski definition) is 5. The van der Waals surface area contributed by atoms with Crippen molar-refractivity contribution in [1.29, 1.82) is 0 Å². The molecule has 0 radical (unpaired) electrons. The van der Waals surface area contributed by atoms with Crippen LogP contribution in [0.15, 0.2) is 16.5 Å². The smallest absolute Gasteiger partial charge is 0.373 e. The second-order valence-corrected chi connectivity index (χ2v) is 5.10. The van der Waals surface area contributed by atoms with E-state index in [1.807, 2.05) is 6.07 Å². The molecule has 0 aliphatic carbocycles. The van der Waals surface area contributed by atoms with Crippen molar-refractivity contribution in [2.45, 2.75) is 44.8 Å². The number of furan rings is 1. The van der Waals surface area contributed by atoms with Crippen molar-refractivity contribution in [3.8, 4) is 0 Å². The first-order valence-corrected chi connectivity index (χ1v) is 6.78. The summed E-state index contributed by atoms with van der Waals surface area (Å²) in [7, 11) is 1.35. The Morgan fingerprint density at radius 2 is 2.32 bits per heavy atom. The van der Waals surface area contributed by atoms with Gasteiger partial charge in [0.2, 0.25) is 5.76 Å². The SMILES string of the molecule is COC(=O)c1ccc(CN2C(C)CCCC2CN)o1. The summed E-state index contributed by atoms with van der Waals surface area (Å²) in [4.78, 5) is 13.7. The molecule has 2 atom stereocenters. The summed E-state index contributed by atoms with van der Waals surface area (Å²) in [6, 6.07) is 4.39. The van der Waals surface area contributed by atoms with E-state index < -0.39 is 5.97 Å². The van der Waals surface area contributed by atoms with Crippen LogP contribution in [0.1, 0.15) is 42.5 Å². The quantitative estimate of drug-likeness (QED) is 0.841. The highest BCUT2D eigenvalue weighted by atomic mass is 16.5. The minimum Gasteiger partial charge on any atom is -0.463 e. The van der Waals surface area contributed by atoms with Gasteiger partial charge in [-0.15, -0.1) is 0 Å². The molecular formula is C14H22N2O3. The van der Waals surface area contributed by atoms with Gasteiger partial charge in [-0.25, -0.2) is 4.79 Å². The highest BCUT2D eigenvalue weighted by Crippen LogP contribution is 2.25. The predicted octanol–water partition coefficient (Wildman–Crippen LogP) is 1.77. The lowest BCUT2D eigenvalue weighted by atomic mass is 9.96. The Kier molecular flexibility index (Phi) is 4.61. The molecule has 0 spiro atoms. The van der Waals surface area contributed by atoms with Crippen molar-refractivity contribution in [2.24, 2.45) is 5.73 Å². The largest absolute Gasteiger partial charge is 0.463 e. The molecule has 0 bridgehead atoms. The summed E-state index contributed by atoms with van der Waals surface area (Å²) < 4.78 is 10.2. The van der Waals surface area contributed by atoms with E-state index in [4.69, 9.17) is 10.2 Å². The van der Waals surface area contributed by atoms with Crippen molar-refractivity contribution in [2.75, 3.05) is 13.7 Å². The molecule has 2 heterocycles. The third-order valence-electron chi connectivity index (χ3n) is 3.85. The van der Waals surface area contributed by atoms with Crippen LogP contribution in [-0.2, 0) is 11.3 Å². The van der Waals surface area contributed by atoms with Crippen LogP contribution in [-0.4, -0.2) is 36.6 Å². The van der Waals surface area contributed by atoms with Crippen molar-refractivity contribution >= 4 is 5.97 Å². The maximum atomic E-state index is 11.4. The monoisotopic (exact) mass is 266 g/mol. The summed E-state index contributed by atoms with van der Waals surface area (Å²) in [6.07, 6.45) is 3.54. The highest BCUT2D eigenvalue weighted by molar-refractivity contribution is 5.86. The van der Waals surface area contributed by atoms with Gasteiger partial charge in [0.05, 0.1) is 13.7 Å². The zero-order valence-electron chi connectivity index (χ0n) is 11.6. The number of rotatable bonds is 4. The summed E-state index contributed by atoms with van der Waals surface area (Å²) >= 11 is 0. The Bertz CT molecular complexity index is 430. The molecule has 1 saturated heterocycles. The number of esters is 1. The first kappa shape index (κ1) is 14.1. The Morgan fingerprint density at radius 1 is 1.53 bits per heavy atom. The fourth-order valence-electron chi connectivity index (χ4n) is 2.73. The molecule has 0 aromatic carbocycles. The number of nitrogens with zero attached hydrogens (tertiary/aromatic N) is 1. The fourth-order valence-corrected chi connectivity index (χ4v) is 2.73. The second kappa shape index (κ2) is 6.21. The van der Waals surface area contributed by atoms with Crippen LogP contribution < -0.4 is 5.73 Å². The average Bonchev–Trinajstić information content (AvgIpc) is 2.88. The summed E-state index contributed by atoms with van der Waals surface area (Å²) in [5.74, 6) is 0.604. The number of methoxy groups -OCH3 is 1. The zero-order valence-corrected chi connectivity index (χ0v) is 11.6. The highest BCUT2D eigenvalue weighted by Gasteiger charge is 2.27. The standard InChI is InChI=1S/C14H22N2O3/c1-10-4-3-5-11(8-15)16(10)9-12-6-7-13(19-12)14(17)18-2/h6-7,10-11H,3-5,8-9,15H2,1-2H3. The van der Waals surface area contributed by atoms with Crippen molar-refractivity contribution < 1.29 is 13.9 Å². The van der Waals surface area contributed by atoms with E-state index in [0.717, 1.165) is 12.2 Å². The molecule has 2 unspecified atom stereocenters. The third kappa shape index (κ3) is 3.16. The van der Waals surface area contributed by atoms with E-state index >= 15 is 0 Å². The van der Waals surface area contributed by atoms with Gasteiger partial charge in [0.25, 0.3) is 0 Å². The summed E-state index contributed by atoms with van der Waals surface area (Å²) in [6.45, 7) is 3.57. The van der Waals surface area contributed by atoms with E-state index in [1.54, 1.807) is 6.07 Å². The van der Waals surface area contributed by atoms with Crippen LogP contribution in [0.4, 0.5) is 0 Å². The molecule has 1 aromatic heterocycles. The Hall–Kier alpha value is -1.33. The zero-order chi connectivity index (χ0) is 13.8. The minimum atomic E-state index is -0.437. The molecule has 0 saturated carbocycles.